The van der Waals surface area contributed by atoms with Crippen LogP contribution in [0.25, 0.3) is 0 Å². The summed E-state index contributed by atoms with van der Waals surface area (Å²) in [6.45, 7) is 7.04. The number of hydrogen-bond donors (Lipinski definition) is 2. The number of carboxylic acids is 1. The van der Waals surface area contributed by atoms with Crippen molar-refractivity contribution in [3.05, 3.63) is 35.4 Å². The summed E-state index contributed by atoms with van der Waals surface area (Å²) in [5.74, 6) is -1.40. The maximum absolute atomic E-state index is 12.2. The molecule has 0 bridgehead atoms. The molecule has 0 aromatic heterocycles. The summed E-state index contributed by atoms with van der Waals surface area (Å²) in [7, 11) is 0. The van der Waals surface area contributed by atoms with Crippen LogP contribution in [0.5, 0.6) is 0 Å². The summed E-state index contributed by atoms with van der Waals surface area (Å²) >= 11 is 0. The molecule has 2 rings (SSSR count). The summed E-state index contributed by atoms with van der Waals surface area (Å²) in [6.07, 6.45) is 1.69. The highest BCUT2D eigenvalue weighted by Crippen LogP contribution is 2.31. The maximum Gasteiger partial charge on any atom is 0.306 e. The van der Waals surface area contributed by atoms with Crippen LogP contribution in [0.15, 0.2) is 24.3 Å². The SMILES string of the molecule is CC(C)(C)OCc1cccc(CNC(=O)[C@@H]2CC[C@H](C(=O)O)C2)c1. The predicted molar refractivity (Wildman–Crippen MR) is 91.3 cm³/mol. The van der Waals surface area contributed by atoms with Gasteiger partial charge in [-0.1, -0.05) is 24.3 Å². The smallest absolute Gasteiger partial charge is 0.306 e. The van der Waals surface area contributed by atoms with Crippen LogP contribution in [0.3, 0.4) is 0 Å². The van der Waals surface area contributed by atoms with Gasteiger partial charge >= 0.3 is 5.97 Å². The first kappa shape index (κ1) is 18.5. The Morgan fingerprint density at radius 3 is 2.50 bits per heavy atom. The second-order valence-electron chi connectivity index (χ2n) is 7.48. The zero-order valence-electron chi connectivity index (χ0n) is 14.7. The van der Waals surface area contributed by atoms with Gasteiger partial charge in [0.2, 0.25) is 5.91 Å². The molecular weight excluding hydrogens is 306 g/mol. The largest absolute Gasteiger partial charge is 0.481 e. The average molecular weight is 333 g/mol. The van der Waals surface area contributed by atoms with E-state index in [2.05, 4.69) is 5.32 Å². The molecule has 5 nitrogen and oxygen atoms in total. The number of ether oxygens (including phenoxy) is 1. The molecule has 1 aliphatic rings. The van der Waals surface area contributed by atoms with Crippen molar-refractivity contribution < 1.29 is 19.4 Å². The van der Waals surface area contributed by atoms with Gasteiger partial charge in [0, 0.05) is 12.5 Å². The Bertz CT molecular complexity index is 591. The quantitative estimate of drug-likeness (QED) is 0.839. The lowest BCUT2D eigenvalue weighted by atomic mass is 10.0. The molecule has 2 N–H and O–H groups in total. The van der Waals surface area contributed by atoms with Crippen molar-refractivity contribution in [1.29, 1.82) is 0 Å². The highest BCUT2D eigenvalue weighted by atomic mass is 16.5. The van der Waals surface area contributed by atoms with Gasteiger partial charge in [-0.2, -0.15) is 0 Å². The van der Waals surface area contributed by atoms with E-state index in [-0.39, 0.29) is 23.3 Å². The number of carboxylic acid groups (broad SMARTS) is 1. The van der Waals surface area contributed by atoms with Gasteiger partial charge < -0.3 is 15.2 Å². The van der Waals surface area contributed by atoms with Gasteiger partial charge in [-0.25, -0.2) is 0 Å². The van der Waals surface area contributed by atoms with E-state index >= 15 is 0 Å². The summed E-state index contributed by atoms with van der Waals surface area (Å²) in [4.78, 5) is 23.2. The van der Waals surface area contributed by atoms with Crippen LogP contribution in [-0.2, 0) is 27.5 Å². The van der Waals surface area contributed by atoms with Crippen molar-refractivity contribution in [2.75, 3.05) is 0 Å². The third-order valence-corrected chi connectivity index (χ3v) is 4.28. The molecule has 132 valence electrons. The molecule has 2 atom stereocenters. The molecular formula is C19H27NO4. The van der Waals surface area contributed by atoms with E-state index in [0.29, 0.717) is 32.4 Å². The van der Waals surface area contributed by atoms with E-state index in [4.69, 9.17) is 9.84 Å². The van der Waals surface area contributed by atoms with Crippen molar-refractivity contribution in [2.45, 2.75) is 58.8 Å². The fourth-order valence-electron chi connectivity index (χ4n) is 2.91. The monoisotopic (exact) mass is 333 g/mol. The van der Waals surface area contributed by atoms with E-state index in [1.54, 1.807) is 0 Å². The number of carbonyl (C=O) groups excluding carboxylic acids is 1. The Morgan fingerprint density at radius 1 is 1.21 bits per heavy atom. The molecule has 5 heteroatoms. The molecule has 0 spiro atoms. The molecule has 1 fully saturated rings. The van der Waals surface area contributed by atoms with E-state index in [9.17, 15) is 9.59 Å². The van der Waals surface area contributed by atoms with Crippen LogP contribution in [0.4, 0.5) is 0 Å². The highest BCUT2D eigenvalue weighted by Gasteiger charge is 2.33. The Morgan fingerprint density at radius 2 is 1.88 bits per heavy atom. The Balaban J connectivity index is 1.84. The second kappa shape index (κ2) is 7.79. The lowest BCUT2D eigenvalue weighted by molar-refractivity contribution is -0.141. The van der Waals surface area contributed by atoms with Gasteiger partial charge in [0.1, 0.15) is 0 Å². The Kier molecular flexibility index (Phi) is 5.99. The van der Waals surface area contributed by atoms with Crippen molar-refractivity contribution >= 4 is 11.9 Å². The second-order valence-corrected chi connectivity index (χ2v) is 7.48. The number of nitrogens with one attached hydrogen (secondary N) is 1. The molecule has 1 amide bonds. The third kappa shape index (κ3) is 5.64. The Hall–Kier alpha value is -1.88. The van der Waals surface area contributed by atoms with E-state index in [1.165, 1.54) is 0 Å². The van der Waals surface area contributed by atoms with Crippen molar-refractivity contribution in [1.82, 2.24) is 5.32 Å². The third-order valence-electron chi connectivity index (χ3n) is 4.28. The standard InChI is InChI=1S/C19H27NO4/c1-19(2,3)24-12-14-6-4-5-13(9-14)11-20-17(21)15-7-8-16(10-15)18(22)23/h4-6,9,15-16H,7-8,10-12H2,1-3H3,(H,20,21)(H,22,23)/t15-,16+/m1/s1. The number of rotatable bonds is 6. The van der Waals surface area contributed by atoms with Crippen LogP contribution in [-0.4, -0.2) is 22.6 Å². The maximum atomic E-state index is 12.2. The lowest BCUT2D eigenvalue weighted by Gasteiger charge is -2.19. The van der Waals surface area contributed by atoms with Crippen molar-refractivity contribution in [3.8, 4) is 0 Å². The molecule has 1 aliphatic carbocycles. The van der Waals surface area contributed by atoms with E-state index < -0.39 is 5.97 Å². The number of benzene rings is 1. The number of amides is 1. The minimum absolute atomic E-state index is 0.0462. The first-order valence-corrected chi connectivity index (χ1v) is 8.47. The number of carbonyl (C=O) groups is 2. The van der Waals surface area contributed by atoms with Crippen LogP contribution in [0.1, 0.15) is 51.2 Å². The molecule has 1 aromatic rings. The molecule has 1 saturated carbocycles. The predicted octanol–water partition coefficient (Wildman–Crippen LogP) is 3.12. The zero-order chi connectivity index (χ0) is 17.7. The van der Waals surface area contributed by atoms with Gasteiger partial charge in [0.25, 0.3) is 0 Å². The van der Waals surface area contributed by atoms with Gasteiger partial charge in [-0.15, -0.1) is 0 Å². The summed E-state index contributed by atoms with van der Waals surface area (Å²) in [5, 5.41) is 11.9. The number of aliphatic carboxylic acids is 1. The minimum atomic E-state index is -0.795. The first-order valence-electron chi connectivity index (χ1n) is 8.47. The van der Waals surface area contributed by atoms with Crippen molar-refractivity contribution in [3.63, 3.8) is 0 Å². The lowest BCUT2D eigenvalue weighted by Crippen LogP contribution is -2.29. The normalized spacial score (nSPS) is 20.8. The molecule has 0 aliphatic heterocycles. The summed E-state index contributed by atoms with van der Waals surface area (Å²) in [6, 6.07) is 7.96. The zero-order valence-corrected chi connectivity index (χ0v) is 14.7. The van der Waals surface area contributed by atoms with Gasteiger partial charge in [0.15, 0.2) is 0 Å². The summed E-state index contributed by atoms with van der Waals surface area (Å²) in [5.41, 5.74) is 1.91. The highest BCUT2D eigenvalue weighted by molar-refractivity contribution is 5.80. The van der Waals surface area contributed by atoms with E-state index in [1.807, 2.05) is 45.0 Å². The minimum Gasteiger partial charge on any atom is -0.481 e. The molecule has 0 saturated heterocycles. The molecule has 0 unspecified atom stereocenters. The van der Waals surface area contributed by atoms with Crippen LogP contribution < -0.4 is 5.32 Å². The van der Waals surface area contributed by atoms with E-state index in [0.717, 1.165) is 11.1 Å². The van der Waals surface area contributed by atoms with Crippen LogP contribution in [0.2, 0.25) is 0 Å². The topological polar surface area (TPSA) is 75.6 Å². The molecule has 0 heterocycles. The average Bonchev–Trinajstić information content (AvgIpc) is 3.01. The number of hydrogen-bond acceptors (Lipinski definition) is 3. The van der Waals surface area contributed by atoms with Crippen LogP contribution in [0, 0.1) is 11.8 Å². The van der Waals surface area contributed by atoms with Gasteiger partial charge in [-0.05, 0) is 51.2 Å². The van der Waals surface area contributed by atoms with Crippen LogP contribution >= 0.6 is 0 Å². The molecule has 1 aromatic carbocycles. The van der Waals surface area contributed by atoms with Gasteiger partial charge in [-0.3, -0.25) is 9.59 Å². The molecule has 24 heavy (non-hydrogen) atoms. The fraction of sp³-hybridized carbons (Fsp3) is 0.579. The van der Waals surface area contributed by atoms with Crippen molar-refractivity contribution in [2.24, 2.45) is 11.8 Å². The van der Waals surface area contributed by atoms with Gasteiger partial charge in [0.05, 0.1) is 18.1 Å². The summed E-state index contributed by atoms with van der Waals surface area (Å²) < 4.78 is 5.77. The first-order chi connectivity index (χ1) is 11.2. The molecule has 0 radical (unpaired) electrons. The Labute approximate surface area is 143 Å². The fourth-order valence-corrected chi connectivity index (χ4v) is 2.91.